The Kier molecular flexibility index (Phi) is 5.01. The van der Waals surface area contributed by atoms with E-state index in [1.807, 2.05) is 48.4 Å². The fourth-order valence-electron chi connectivity index (χ4n) is 3.54. The molecule has 8 heteroatoms. The molecule has 1 fully saturated rings. The van der Waals surface area contributed by atoms with Crippen LogP contribution in [0.2, 0.25) is 0 Å². The van der Waals surface area contributed by atoms with Crippen LogP contribution >= 0.6 is 0 Å². The average molecular weight is 381 g/mol. The molecule has 1 aromatic carbocycles. The quantitative estimate of drug-likeness (QED) is 0.733. The summed E-state index contributed by atoms with van der Waals surface area (Å²) in [5.41, 5.74) is 2.57. The van der Waals surface area contributed by atoms with Crippen molar-refractivity contribution in [3.05, 3.63) is 59.7 Å². The zero-order chi connectivity index (χ0) is 19.5. The van der Waals surface area contributed by atoms with E-state index in [2.05, 4.69) is 15.6 Å². The van der Waals surface area contributed by atoms with E-state index in [4.69, 9.17) is 9.26 Å². The first-order valence-electron chi connectivity index (χ1n) is 9.30. The van der Waals surface area contributed by atoms with Crippen LogP contribution in [-0.2, 0) is 6.54 Å². The van der Waals surface area contributed by atoms with Gasteiger partial charge in [0.15, 0.2) is 0 Å². The number of benzene rings is 1. The predicted molar refractivity (Wildman–Crippen MR) is 102 cm³/mol. The summed E-state index contributed by atoms with van der Waals surface area (Å²) in [5, 5.41) is 11.5. The molecule has 1 N–H and O–H groups in total. The molecule has 1 saturated heterocycles. The van der Waals surface area contributed by atoms with Gasteiger partial charge >= 0.3 is 6.03 Å². The number of urea groups is 1. The van der Waals surface area contributed by atoms with E-state index >= 15 is 0 Å². The van der Waals surface area contributed by atoms with Crippen molar-refractivity contribution in [2.24, 2.45) is 0 Å². The van der Waals surface area contributed by atoms with Crippen LogP contribution in [0.3, 0.4) is 0 Å². The van der Waals surface area contributed by atoms with E-state index in [0.717, 1.165) is 41.3 Å². The summed E-state index contributed by atoms with van der Waals surface area (Å²) in [6.45, 7) is 2.97. The minimum Gasteiger partial charge on any atom is -0.494 e. The molecule has 0 saturated carbocycles. The fraction of sp³-hybridized carbons (Fsp3) is 0.350. The van der Waals surface area contributed by atoms with Crippen molar-refractivity contribution in [1.82, 2.24) is 25.2 Å². The number of methoxy groups -OCH3 is 1. The molecular formula is C20H23N5O3. The van der Waals surface area contributed by atoms with Gasteiger partial charge in [0.25, 0.3) is 0 Å². The van der Waals surface area contributed by atoms with Gasteiger partial charge in [-0.2, -0.15) is 5.10 Å². The number of amides is 2. The van der Waals surface area contributed by atoms with Gasteiger partial charge in [-0.25, -0.2) is 9.48 Å². The van der Waals surface area contributed by atoms with Crippen molar-refractivity contribution in [3.8, 4) is 11.4 Å². The van der Waals surface area contributed by atoms with E-state index < -0.39 is 0 Å². The number of aromatic nitrogens is 3. The standard InChI is InChI=1S/C20H23N5O3/c1-14-10-16(23-28-14)17-7-5-9-24(17)20(26)21-11-15-12-22-25(13-15)18-6-3-4-8-19(18)27-2/h3-4,6,8,10,12-13,17H,5,7,9,11H2,1-2H3,(H,21,26)/t17-/m0/s1. The van der Waals surface area contributed by atoms with Crippen LogP contribution in [0.4, 0.5) is 4.79 Å². The van der Waals surface area contributed by atoms with E-state index in [0.29, 0.717) is 13.1 Å². The highest BCUT2D eigenvalue weighted by Gasteiger charge is 2.32. The lowest BCUT2D eigenvalue weighted by Gasteiger charge is -2.23. The first kappa shape index (κ1) is 18.1. The van der Waals surface area contributed by atoms with Gasteiger partial charge in [0.1, 0.15) is 22.9 Å². The summed E-state index contributed by atoms with van der Waals surface area (Å²) in [7, 11) is 1.63. The van der Waals surface area contributed by atoms with Crippen molar-refractivity contribution in [3.63, 3.8) is 0 Å². The Morgan fingerprint density at radius 1 is 1.39 bits per heavy atom. The Balaban J connectivity index is 1.41. The van der Waals surface area contributed by atoms with Gasteiger partial charge in [-0.3, -0.25) is 0 Å². The van der Waals surface area contributed by atoms with Crippen molar-refractivity contribution in [1.29, 1.82) is 0 Å². The largest absolute Gasteiger partial charge is 0.494 e. The molecule has 1 aliphatic rings. The molecule has 3 aromatic rings. The van der Waals surface area contributed by atoms with E-state index in [1.165, 1.54) is 0 Å². The molecule has 146 valence electrons. The lowest BCUT2D eigenvalue weighted by atomic mass is 10.1. The Morgan fingerprint density at radius 3 is 3.04 bits per heavy atom. The van der Waals surface area contributed by atoms with Crippen LogP contribution in [0.25, 0.3) is 5.69 Å². The van der Waals surface area contributed by atoms with Crippen LogP contribution < -0.4 is 10.1 Å². The number of likely N-dealkylation sites (tertiary alicyclic amines) is 1. The van der Waals surface area contributed by atoms with Crippen LogP contribution in [-0.4, -0.2) is 39.5 Å². The average Bonchev–Trinajstić information content (AvgIpc) is 3.46. The number of carbonyl (C=O) groups excluding carboxylic acids is 1. The van der Waals surface area contributed by atoms with Crippen LogP contribution in [0, 0.1) is 6.92 Å². The summed E-state index contributed by atoms with van der Waals surface area (Å²) in [6.07, 6.45) is 5.48. The fourth-order valence-corrected chi connectivity index (χ4v) is 3.54. The van der Waals surface area contributed by atoms with Gasteiger partial charge in [0.05, 0.1) is 19.3 Å². The highest BCUT2D eigenvalue weighted by Crippen LogP contribution is 2.31. The third kappa shape index (κ3) is 3.58. The molecule has 1 aliphatic heterocycles. The number of aryl methyl sites for hydroxylation is 1. The van der Waals surface area contributed by atoms with E-state index in [-0.39, 0.29) is 12.1 Å². The minimum absolute atomic E-state index is 0.0336. The number of carbonyl (C=O) groups is 1. The second kappa shape index (κ2) is 7.75. The lowest BCUT2D eigenvalue weighted by Crippen LogP contribution is -2.39. The Hall–Kier alpha value is -3.29. The third-order valence-corrected chi connectivity index (χ3v) is 4.91. The second-order valence-electron chi connectivity index (χ2n) is 6.84. The highest BCUT2D eigenvalue weighted by molar-refractivity contribution is 5.75. The van der Waals surface area contributed by atoms with E-state index in [1.54, 1.807) is 18.0 Å². The summed E-state index contributed by atoms with van der Waals surface area (Å²) < 4.78 is 12.3. The van der Waals surface area contributed by atoms with Gasteiger partial charge in [0.2, 0.25) is 0 Å². The molecule has 0 spiro atoms. The van der Waals surface area contributed by atoms with Gasteiger partial charge < -0.3 is 19.5 Å². The number of nitrogens with one attached hydrogen (secondary N) is 1. The number of hydrogen-bond acceptors (Lipinski definition) is 5. The molecular weight excluding hydrogens is 358 g/mol. The summed E-state index contributed by atoms with van der Waals surface area (Å²) in [5.74, 6) is 1.50. The number of nitrogens with zero attached hydrogens (tertiary/aromatic N) is 4. The smallest absolute Gasteiger partial charge is 0.318 e. The summed E-state index contributed by atoms with van der Waals surface area (Å²) in [4.78, 5) is 14.5. The van der Waals surface area contributed by atoms with Crippen molar-refractivity contribution >= 4 is 6.03 Å². The number of para-hydroxylation sites is 2. The van der Waals surface area contributed by atoms with Crippen molar-refractivity contribution in [2.45, 2.75) is 32.4 Å². The van der Waals surface area contributed by atoms with Crippen LogP contribution in [0.1, 0.15) is 35.9 Å². The minimum atomic E-state index is -0.104. The molecule has 4 rings (SSSR count). The summed E-state index contributed by atoms with van der Waals surface area (Å²) in [6, 6.07) is 9.42. The molecule has 8 nitrogen and oxygen atoms in total. The maximum absolute atomic E-state index is 12.7. The Bertz CT molecular complexity index is 964. The number of ether oxygens (including phenoxy) is 1. The molecule has 28 heavy (non-hydrogen) atoms. The molecule has 1 atom stereocenters. The SMILES string of the molecule is COc1ccccc1-n1cc(CNC(=O)N2CCC[C@H]2c2cc(C)on2)cn1. The zero-order valence-corrected chi connectivity index (χ0v) is 16.0. The highest BCUT2D eigenvalue weighted by atomic mass is 16.5. The topological polar surface area (TPSA) is 85.4 Å². The molecule has 0 unspecified atom stereocenters. The Morgan fingerprint density at radius 2 is 2.25 bits per heavy atom. The molecule has 0 radical (unpaired) electrons. The van der Waals surface area contributed by atoms with Crippen LogP contribution in [0.5, 0.6) is 5.75 Å². The van der Waals surface area contributed by atoms with E-state index in [9.17, 15) is 4.79 Å². The maximum Gasteiger partial charge on any atom is 0.318 e. The molecule has 0 bridgehead atoms. The van der Waals surface area contributed by atoms with Gasteiger partial charge in [-0.15, -0.1) is 0 Å². The monoisotopic (exact) mass is 381 g/mol. The molecule has 2 amide bonds. The second-order valence-corrected chi connectivity index (χ2v) is 6.84. The van der Waals surface area contributed by atoms with Crippen LogP contribution in [0.15, 0.2) is 47.2 Å². The zero-order valence-electron chi connectivity index (χ0n) is 16.0. The molecule has 3 heterocycles. The normalized spacial score (nSPS) is 16.4. The van der Waals surface area contributed by atoms with Gasteiger partial charge in [-0.1, -0.05) is 17.3 Å². The van der Waals surface area contributed by atoms with Crippen molar-refractivity contribution in [2.75, 3.05) is 13.7 Å². The Labute approximate surface area is 163 Å². The molecule has 0 aliphatic carbocycles. The third-order valence-electron chi connectivity index (χ3n) is 4.91. The number of rotatable bonds is 5. The van der Waals surface area contributed by atoms with Crippen molar-refractivity contribution < 1.29 is 14.1 Å². The molecule has 2 aromatic heterocycles. The first-order chi connectivity index (χ1) is 13.7. The maximum atomic E-state index is 12.7. The summed E-state index contributed by atoms with van der Waals surface area (Å²) >= 11 is 0. The lowest BCUT2D eigenvalue weighted by molar-refractivity contribution is 0.190. The number of hydrogen-bond donors (Lipinski definition) is 1. The first-order valence-corrected chi connectivity index (χ1v) is 9.30. The van der Waals surface area contributed by atoms with Gasteiger partial charge in [-0.05, 0) is 31.9 Å². The predicted octanol–water partition coefficient (Wildman–Crippen LogP) is 3.22. The van der Waals surface area contributed by atoms with Gasteiger partial charge in [0, 0.05) is 30.9 Å².